The molecule has 1 heterocycles. The van der Waals surface area contributed by atoms with Crippen LogP contribution in [0.3, 0.4) is 0 Å². The van der Waals surface area contributed by atoms with E-state index >= 15 is 0 Å². The molecule has 29 heavy (non-hydrogen) atoms. The van der Waals surface area contributed by atoms with Gasteiger partial charge in [0.1, 0.15) is 11.6 Å². The number of hydrogen-bond acceptors (Lipinski definition) is 5. The maximum atomic E-state index is 13.2. The normalized spacial score (nSPS) is 15.4. The lowest BCUT2D eigenvalue weighted by atomic mass is 10.2. The first-order chi connectivity index (χ1) is 13.5. The van der Waals surface area contributed by atoms with E-state index in [4.69, 9.17) is 0 Å². The number of ether oxygens (including phenoxy) is 1. The zero-order chi connectivity index (χ0) is 21.2. The summed E-state index contributed by atoms with van der Waals surface area (Å²) in [5.74, 6) is -0.702. The molecule has 0 spiro atoms. The van der Waals surface area contributed by atoms with Gasteiger partial charge < -0.3 is 15.4 Å². The van der Waals surface area contributed by atoms with Crippen molar-refractivity contribution in [2.24, 2.45) is 0 Å². The number of aryl methyl sites for hydroxylation is 1. The summed E-state index contributed by atoms with van der Waals surface area (Å²) in [6.07, 6.45) is -5.91. The molecular formula is C18H18F6N4O. The van der Waals surface area contributed by atoms with Crippen molar-refractivity contribution in [3.8, 4) is 5.75 Å². The lowest BCUT2D eigenvalue weighted by molar-refractivity contribution is -0.274. The van der Waals surface area contributed by atoms with Crippen LogP contribution < -0.4 is 15.4 Å². The van der Waals surface area contributed by atoms with E-state index in [9.17, 15) is 26.3 Å². The molecule has 2 N–H and O–H groups in total. The number of benzene rings is 1. The second-order valence-electron chi connectivity index (χ2n) is 6.74. The molecule has 0 aliphatic heterocycles. The Labute approximate surface area is 162 Å². The first kappa shape index (κ1) is 21.0. The minimum absolute atomic E-state index is 0.00636. The molecule has 0 bridgehead atoms. The van der Waals surface area contributed by atoms with E-state index in [-0.39, 0.29) is 23.5 Å². The smallest absolute Gasteiger partial charge is 0.406 e. The maximum Gasteiger partial charge on any atom is 0.573 e. The van der Waals surface area contributed by atoms with Gasteiger partial charge in [-0.3, -0.25) is 0 Å². The minimum atomic E-state index is -4.84. The minimum Gasteiger partial charge on any atom is -0.406 e. The molecule has 1 aliphatic carbocycles. The lowest BCUT2D eigenvalue weighted by Crippen LogP contribution is -2.19. The van der Waals surface area contributed by atoms with Gasteiger partial charge in [0.2, 0.25) is 5.95 Å². The van der Waals surface area contributed by atoms with E-state index in [0.717, 1.165) is 43.9 Å². The fourth-order valence-corrected chi connectivity index (χ4v) is 3.09. The summed E-state index contributed by atoms with van der Waals surface area (Å²) in [6, 6.07) is 4.22. The Kier molecular flexibility index (Phi) is 5.76. The van der Waals surface area contributed by atoms with E-state index in [1.165, 1.54) is 13.0 Å². The molecule has 1 aromatic carbocycles. The number of anilines is 3. The van der Waals surface area contributed by atoms with Gasteiger partial charge in [0.25, 0.3) is 0 Å². The van der Waals surface area contributed by atoms with Gasteiger partial charge in [0, 0.05) is 17.8 Å². The molecule has 5 nitrogen and oxygen atoms in total. The van der Waals surface area contributed by atoms with Gasteiger partial charge in [-0.2, -0.15) is 18.2 Å². The predicted molar refractivity (Wildman–Crippen MR) is 94.1 cm³/mol. The molecule has 11 heteroatoms. The van der Waals surface area contributed by atoms with Gasteiger partial charge in [-0.1, -0.05) is 12.8 Å². The average molecular weight is 420 g/mol. The summed E-state index contributed by atoms with van der Waals surface area (Å²) < 4.78 is 80.5. The highest BCUT2D eigenvalue weighted by Crippen LogP contribution is 2.33. The molecule has 0 saturated heterocycles. The second kappa shape index (κ2) is 7.96. The molecule has 2 aromatic rings. The van der Waals surface area contributed by atoms with Crippen LogP contribution in [-0.4, -0.2) is 22.4 Å². The van der Waals surface area contributed by atoms with E-state index in [0.29, 0.717) is 5.56 Å². The molecule has 0 unspecified atom stereocenters. The zero-order valence-corrected chi connectivity index (χ0v) is 15.3. The molecule has 3 rings (SSSR count). The monoisotopic (exact) mass is 420 g/mol. The van der Waals surface area contributed by atoms with Crippen LogP contribution >= 0.6 is 0 Å². The summed E-state index contributed by atoms with van der Waals surface area (Å²) in [5.41, 5.74) is -0.493. The zero-order valence-electron chi connectivity index (χ0n) is 15.3. The number of aromatic nitrogens is 2. The lowest BCUT2D eigenvalue weighted by Gasteiger charge is -2.17. The third kappa shape index (κ3) is 5.88. The summed E-state index contributed by atoms with van der Waals surface area (Å²) >= 11 is 0. The number of alkyl halides is 6. The third-order valence-corrected chi connectivity index (χ3v) is 4.40. The van der Waals surface area contributed by atoms with Crippen LogP contribution in [0.5, 0.6) is 5.75 Å². The van der Waals surface area contributed by atoms with Crippen molar-refractivity contribution in [2.75, 3.05) is 10.6 Å². The molecule has 0 atom stereocenters. The van der Waals surface area contributed by atoms with E-state index in [2.05, 4.69) is 25.3 Å². The summed E-state index contributed by atoms with van der Waals surface area (Å²) in [5, 5.41) is 5.63. The van der Waals surface area contributed by atoms with Crippen molar-refractivity contribution in [3.63, 3.8) is 0 Å². The van der Waals surface area contributed by atoms with Crippen LogP contribution in [0, 0.1) is 6.92 Å². The number of nitrogens with one attached hydrogen (secondary N) is 2. The Bertz CT molecular complexity index is 862. The molecule has 0 radical (unpaired) electrons. The predicted octanol–water partition coefficient (Wildman–Crippen LogP) is 5.80. The van der Waals surface area contributed by atoms with Crippen LogP contribution in [0.4, 0.5) is 43.8 Å². The van der Waals surface area contributed by atoms with Gasteiger partial charge in [-0.15, -0.1) is 13.2 Å². The van der Waals surface area contributed by atoms with Gasteiger partial charge in [-0.05, 0) is 43.5 Å². The molecule has 1 saturated carbocycles. The Hall–Kier alpha value is -2.72. The average Bonchev–Trinajstić information content (AvgIpc) is 3.08. The van der Waals surface area contributed by atoms with Crippen LogP contribution in [0.2, 0.25) is 0 Å². The van der Waals surface area contributed by atoms with Gasteiger partial charge in [0.15, 0.2) is 5.69 Å². The Morgan fingerprint density at radius 3 is 2.28 bits per heavy atom. The molecule has 158 valence electrons. The molecule has 1 aliphatic rings. The standard InChI is InChI=1S/C18H18F6N4O/c1-10-8-12(29-18(22,23)24)6-7-13(10)26-15-9-14(17(19,20)21)27-16(28-15)25-11-4-2-3-5-11/h6-9,11H,2-5H2,1H3,(H2,25,26,27,28). The van der Waals surface area contributed by atoms with Crippen molar-refractivity contribution in [3.05, 3.63) is 35.5 Å². The van der Waals surface area contributed by atoms with E-state index < -0.39 is 24.0 Å². The molecule has 1 fully saturated rings. The van der Waals surface area contributed by atoms with Crippen molar-refractivity contribution in [1.29, 1.82) is 0 Å². The number of halogens is 6. The van der Waals surface area contributed by atoms with Gasteiger partial charge >= 0.3 is 12.5 Å². The van der Waals surface area contributed by atoms with Crippen molar-refractivity contribution in [1.82, 2.24) is 9.97 Å². The van der Waals surface area contributed by atoms with Crippen LogP contribution in [-0.2, 0) is 6.18 Å². The van der Waals surface area contributed by atoms with Crippen LogP contribution in [0.15, 0.2) is 24.3 Å². The molecule has 1 aromatic heterocycles. The summed E-state index contributed by atoms with van der Waals surface area (Å²) in [6.45, 7) is 1.50. The first-order valence-corrected chi connectivity index (χ1v) is 8.86. The highest BCUT2D eigenvalue weighted by molar-refractivity contribution is 5.62. The Morgan fingerprint density at radius 2 is 1.69 bits per heavy atom. The largest absolute Gasteiger partial charge is 0.573 e. The van der Waals surface area contributed by atoms with Gasteiger partial charge in [0.05, 0.1) is 0 Å². The molecule has 0 amide bonds. The van der Waals surface area contributed by atoms with E-state index in [1.54, 1.807) is 0 Å². The number of hydrogen-bond donors (Lipinski definition) is 2. The Morgan fingerprint density at radius 1 is 1.00 bits per heavy atom. The van der Waals surface area contributed by atoms with Crippen LogP contribution in [0.25, 0.3) is 0 Å². The van der Waals surface area contributed by atoms with E-state index in [1.807, 2.05) is 0 Å². The summed E-state index contributed by atoms with van der Waals surface area (Å²) in [7, 11) is 0. The fraction of sp³-hybridized carbons (Fsp3) is 0.444. The number of nitrogens with zero attached hydrogens (tertiary/aromatic N) is 2. The first-order valence-electron chi connectivity index (χ1n) is 8.86. The Balaban J connectivity index is 1.85. The topological polar surface area (TPSA) is 59.1 Å². The van der Waals surface area contributed by atoms with Crippen molar-refractivity contribution in [2.45, 2.75) is 51.2 Å². The van der Waals surface area contributed by atoms with Gasteiger partial charge in [-0.25, -0.2) is 4.98 Å². The SMILES string of the molecule is Cc1cc(OC(F)(F)F)ccc1Nc1cc(C(F)(F)F)nc(NC2CCCC2)n1. The molecular weight excluding hydrogens is 402 g/mol. The maximum absolute atomic E-state index is 13.2. The number of rotatable bonds is 5. The second-order valence-corrected chi connectivity index (χ2v) is 6.74. The van der Waals surface area contributed by atoms with Crippen molar-refractivity contribution >= 4 is 17.5 Å². The van der Waals surface area contributed by atoms with Crippen molar-refractivity contribution < 1.29 is 31.1 Å². The third-order valence-electron chi connectivity index (χ3n) is 4.40. The highest BCUT2D eigenvalue weighted by Gasteiger charge is 2.34. The quantitative estimate of drug-likeness (QED) is 0.599. The fourth-order valence-electron chi connectivity index (χ4n) is 3.09. The summed E-state index contributed by atoms with van der Waals surface area (Å²) in [4.78, 5) is 7.64. The highest BCUT2D eigenvalue weighted by atomic mass is 19.4. The van der Waals surface area contributed by atoms with Crippen LogP contribution in [0.1, 0.15) is 36.9 Å².